The lowest BCUT2D eigenvalue weighted by atomic mass is 10.1. The highest BCUT2D eigenvalue weighted by atomic mass is 16.5. The van der Waals surface area contributed by atoms with E-state index in [0.29, 0.717) is 18.2 Å². The third-order valence-electron chi connectivity index (χ3n) is 2.74. The number of hydrogen-bond acceptors (Lipinski definition) is 3. The van der Waals surface area contributed by atoms with E-state index < -0.39 is 5.91 Å². The first kappa shape index (κ1) is 14.1. The lowest BCUT2D eigenvalue weighted by molar-refractivity contribution is 0.0995. The molecule has 1 aromatic carbocycles. The minimum atomic E-state index is -0.535. The second-order valence-electron chi connectivity index (χ2n) is 4.97. The van der Waals surface area contributed by atoms with Crippen LogP contribution in [0.2, 0.25) is 0 Å². The molecule has 0 saturated heterocycles. The second-order valence-corrected chi connectivity index (χ2v) is 4.97. The number of amides is 1. The maximum atomic E-state index is 11.2. The van der Waals surface area contributed by atoms with Gasteiger partial charge in [0.05, 0.1) is 12.3 Å². The minimum Gasteiger partial charge on any atom is -0.493 e. The Morgan fingerprint density at radius 1 is 1.20 bits per heavy atom. The van der Waals surface area contributed by atoms with Gasteiger partial charge in [0.2, 0.25) is 0 Å². The maximum Gasteiger partial charge on any atom is 0.267 e. The first-order valence-electron chi connectivity index (χ1n) is 6.57. The molecule has 1 aromatic heterocycles. The number of aromatic nitrogens is 1. The topological polar surface area (TPSA) is 65.2 Å². The molecule has 0 fully saturated rings. The molecule has 2 N–H and O–H groups in total. The number of nitrogens with zero attached hydrogens (tertiary/aromatic N) is 1. The first-order valence-corrected chi connectivity index (χ1v) is 6.57. The van der Waals surface area contributed by atoms with Gasteiger partial charge in [-0.2, -0.15) is 0 Å². The van der Waals surface area contributed by atoms with Gasteiger partial charge in [0.15, 0.2) is 0 Å². The summed E-state index contributed by atoms with van der Waals surface area (Å²) in [5.41, 5.74) is 7.05. The molecule has 0 unspecified atom stereocenters. The molecule has 0 aliphatic heterocycles. The van der Waals surface area contributed by atoms with Gasteiger partial charge in [0.1, 0.15) is 11.4 Å². The van der Waals surface area contributed by atoms with Crippen LogP contribution in [0.3, 0.4) is 0 Å². The van der Waals surface area contributed by atoms with Crippen LogP contribution in [0.5, 0.6) is 5.75 Å². The summed E-state index contributed by atoms with van der Waals surface area (Å²) in [6.07, 6.45) is 0. The average molecular weight is 270 g/mol. The summed E-state index contributed by atoms with van der Waals surface area (Å²) < 4.78 is 5.80. The molecule has 1 heterocycles. The molecule has 104 valence electrons. The number of hydrogen-bond donors (Lipinski definition) is 1. The Bertz CT molecular complexity index is 609. The molecule has 4 heteroatoms. The van der Waals surface area contributed by atoms with E-state index in [-0.39, 0.29) is 5.69 Å². The van der Waals surface area contributed by atoms with E-state index in [1.54, 1.807) is 12.1 Å². The van der Waals surface area contributed by atoms with E-state index in [4.69, 9.17) is 10.5 Å². The first-order chi connectivity index (χ1) is 9.58. The Morgan fingerprint density at radius 3 is 2.65 bits per heavy atom. The highest BCUT2D eigenvalue weighted by Crippen LogP contribution is 2.28. The molecule has 1 amide bonds. The van der Waals surface area contributed by atoms with E-state index >= 15 is 0 Å². The number of para-hydroxylation sites is 1. The van der Waals surface area contributed by atoms with Crippen LogP contribution >= 0.6 is 0 Å². The van der Waals surface area contributed by atoms with E-state index in [1.165, 1.54) is 0 Å². The Hall–Kier alpha value is -2.36. The zero-order valence-electron chi connectivity index (χ0n) is 11.7. The van der Waals surface area contributed by atoms with E-state index in [2.05, 4.69) is 18.8 Å². The van der Waals surface area contributed by atoms with Crippen molar-refractivity contribution in [1.29, 1.82) is 0 Å². The van der Waals surface area contributed by atoms with Gasteiger partial charge in [0, 0.05) is 5.56 Å². The molecule has 4 nitrogen and oxygen atoms in total. The molecule has 0 bridgehead atoms. The molecular weight excluding hydrogens is 252 g/mol. The van der Waals surface area contributed by atoms with E-state index in [0.717, 1.165) is 11.3 Å². The summed E-state index contributed by atoms with van der Waals surface area (Å²) in [6, 6.07) is 12.8. The van der Waals surface area contributed by atoms with Crippen LogP contribution in [-0.2, 0) is 0 Å². The predicted molar refractivity (Wildman–Crippen MR) is 78.5 cm³/mol. The number of primary amides is 1. The minimum absolute atomic E-state index is 0.251. The summed E-state index contributed by atoms with van der Waals surface area (Å²) in [5.74, 6) is 0.663. The average Bonchev–Trinajstić information content (AvgIpc) is 2.45. The molecule has 2 aromatic rings. The fourth-order valence-electron chi connectivity index (χ4n) is 1.78. The summed E-state index contributed by atoms with van der Waals surface area (Å²) in [6.45, 7) is 4.82. The fraction of sp³-hybridized carbons (Fsp3) is 0.250. The van der Waals surface area contributed by atoms with Crippen LogP contribution in [0.1, 0.15) is 24.3 Å². The molecule has 20 heavy (non-hydrogen) atoms. The van der Waals surface area contributed by atoms with Gasteiger partial charge < -0.3 is 10.5 Å². The van der Waals surface area contributed by atoms with Crippen LogP contribution in [0.25, 0.3) is 11.3 Å². The number of carbonyl (C=O) groups excluding carboxylic acids is 1. The summed E-state index contributed by atoms with van der Waals surface area (Å²) >= 11 is 0. The molecule has 0 atom stereocenters. The highest BCUT2D eigenvalue weighted by molar-refractivity contribution is 5.91. The maximum absolute atomic E-state index is 11.2. The van der Waals surface area contributed by atoms with Crippen LogP contribution in [0.15, 0.2) is 42.5 Å². The number of pyridine rings is 1. The Morgan fingerprint density at radius 2 is 1.95 bits per heavy atom. The van der Waals surface area contributed by atoms with Gasteiger partial charge in [-0.1, -0.05) is 32.0 Å². The largest absolute Gasteiger partial charge is 0.493 e. The number of carbonyl (C=O) groups is 1. The highest BCUT2D eigenvalue weighted by Gasteiger charge is 2.10. The zero-order valence-corrected chi connectivity index (χ0v) is 11.7. The standard InChI is InChI=1S/C16H18N2O2/c1-11(2)10-20-15-9-4-3-6-12(15)13-7-5-8-14(18-13)16(17)19/h3-9,11H,10H2,1-2H3,(H2,17,19). The molecule has 0 aliphatic carbocycles. The summed E-state index contributed by atoms with van der Waals surface area (Å²) in [5, 5.41) is 0. The van der Waals surface area contributed by atoms with Gasteiger partial charge in [-0.3, -0.25) is 4.79 Å². The zero-order chi connectivity index (χ0) is 14.5. The van der Waals surface area contributed by atoms with Crippen molar-refractivity contribution in [3.8, 4) is 17.0 Å². The van der Waals surface area contributed by atoms with Crippen molar-refractivity contribution < 1.29 is 9.53 Å². The van der Waals surface area contributed by atoms with E-state index in [9.17, 15) is 4.79 Å². The lowest BCUT2D eigenvalue weighted by Gasteiger charge is -2.13. The molecule has 2 rings (SSSR count). The predicted octanol–water partition coefficient (Wildman–Crippen LogP) is 2.88. The number of rotatable bonds is 5. The normalized spacial score (nSPS) is 10.6. The smallest absolute Gasteiger partial charge is 0.267 e. The number of ether oxygens (including phenoxy) is 1. The molecular formula is C16H18N2O2. The SMILES string of the molecule is CC(C)COc1ccccc1-c1cccc(C(N)=O)n1. The lowest BCUT2D eigenvalue weighted by Crippen LogP contribution is -2.13. The Kier molecular flexibility index (Phi) is 4.35. The summed E-state index contributed by atoms with van der Waals surface area (Å²) in [7, 11) is 0. The van der Waals surface area contributed by atoms with Crippen molar-refractivity contribution in [2.45, 2.75) is 13.8 Å². The van der Waals surface area contributed by atoms with Crippen molar-refractivity contribution in [2.24, 2.45) is 11.7 Å². The van der Waals surface area contributed by atoms with Gasteiger partial charge in [-0.25, -0.2) is 4.98 Å². The van der Waals surface area contributed by atoms with Gasteiger partial charge in [0.25, 0.3) is 5.91 Å². The number of nitrogens with two attached hydrogens (primary N) is 1. The Labute approximate surface area is 118 Å². The Balaban J connectivity index is 2.37. The van der Waals surface area contributed by atoms with Gasteiger partial charge in [-0.05, 0) is 30.2 Å². The number of benzene rings is 1. The third kappa shape index (κ3) is 3.35. The van der Waals surface area contributed by atoms with Crippen LogP contribution in [-0.4, -0.2) is 17.5 Å². The third-order valence-corrected chi connectivity index (χ3v) is 2.74. The van der Waals surface area contributed by atoms with Gasteiger partial charge in [-0.15, -0.1) is 0 Å². The molecule has 0 radical (unpaired) electrons. The molecule has 0 aliphatic rings. The van der Waals surface area contributed by atoms with E-state index in [1.807, 2.05) is 30.3 Å². The second kappa shape index (κ2) is 6.19. The van der Waals surface area contributed by atoms with Crippen LogP contribution < -0.4 is 10.5 Å². The van der Waals surface area contributed by atoms with Crippen molar-refractivity contribution >= 4 is 5.91 Å². The fourth-order valence-corrected chi connectivity index (χ4v) is 1.78. The van der Waals surface area contributed by atoms with Crippen molar-refractivity contribution in [1.82, 2.24) is 4.98 Å². The molecule has 0 saturated carbocycles. The monoisotopic (exact) mass is 270 g/mol. The van der Waals surface area contributed by atoms with Crippen LogP contribution in [0.4, 0.5) is 0 Å². The van der Waals surface area contributed by atoms with Crippen molar-refractivity contribution in [3.05, 3.63) is 48.2 Å². The summed E-state index contributed by atoms with van der Waals surface area (Å²) in [4.78, 5) is 15.5. The van der Waals surface area contributed by atoms with Crippen molar-refractivity contribution in [3.63, 3.8) is 0 Å². The quantitative estimate of drug-likeness (QED) is 0.908. The molecule has 0 spiro atoms. The van der Waals surface area contributed by atoms with Gasteiger partial charge >= 0.3 is 0 Å². The van der Waals surface area contributed by atoms with Crippen molar-refractivity contribution in [2.75, 3.05) is 6.61 Å². The van der Waals surface area contributed by atoms with Crippen LogP contribution in [0, 0.1) is 5.92 Å².